The minimum absolute atomic E-state index is 0.534. The Hall–Kier alpha value is -1.56. The van der Waals surface area contributed by atoms with Gasteiger partial charge in [0.05, 0.1) is 0 Å². The molecule has 0 heteroatoms. The van der Waals surface area contributed by atoms with Crippen LogP contribution in [-0.4, -0.2) is 0 Å². The predicted octanol–water partition coefficient (Wildman–Crippen LogP) is 7.85. The maximum Gasteiger partial charge on any atom is -0.0146 e. The van der Waals surface area contributed by atoms with Crippen molar-refractivity contribution < 1.29 is 0 Å². The van der Waals surface area contributed by atoms with Gasteiger partial charge in [0, 0.05) is 0 Å². The van der Waals surface area contributed by atoms with Crippen LogP contribution in [0, 0.1) is 0 Å². The second-order valence-corrected chi connectivity index (χ2v) is 8.35. The Morgan fingerprint density at radius 3 is 1.42 bits per heavy atom. The van der Waals surface area contributed by atoms with Gasteiger partial charge in [0.1, 0.15) is 0 Å². The van der Waals surface area contributed by atoms with E-state index < -0.39 is 0 Å². The van der Waals surface area contributed by atoms with Gasteiger partial charge in [-0.05, 0) is 57.1 Å². The first-order valence-electron chi connectivity index (χ1n) is 9.49. The highest BCUT2D eigenvalue weighted by molar-refractivity contribution is 5.71. The van der Waals surface area contributed by atoms with Crippen LogP contribution >= 0.6 is 0 Å². The molecule has 0 nitrogen and oxygen atoms in total. The zero-order valence-electron chi connectivity index (χ0n) is 16.8. The molecule has 0 unspecified atom stereocenters. The van der Waals surface area contributed by atoms with Gasteiger partial charge < -0.3 is 0 Å². The molecule has 0 N–H and O–H groups in total. The Kier molecular flexibility index (Phi) is 5.91. The summed E-state index contributed by atoms with van der Waals surface area (Å²) in [6.07, 6.45) is 0. The van der Waals surface area contributed by atoms with Crippen molar-refractivity contribution >= 4 is 0 Å². The van der Waals surface area contributed by atoms with Crippen molar-refractivity contribution in [2.45, 2.75) is 79.1 Å². The average Bonchev–Trinajstić information content (AvgIpc) is 2.53. The highest BCUT2D eigenvalue weighted by atomic mass is 14.2. The smallest absolute Gasteiger partial charge is 0.0146 e. The van der Waals surface area contributed by atoms with Gasteiger partial charge in [-0.15, -0.1) is 0 Å². The lowest BCUT2D eigenvalue weighted by Crippen LogP contribution is -1.99. The monoisotopic (exact) mass is 322 g/mol. The molecule has 0 amide bonds. The van der Waals surface area contributed by atoms with Crippen LogP contribution in [0.2, 0.25) is 0 Å². The fourth-order valence-electron chi connectivity index (χ4n) is 3.19. The van der Waals surface area contributed by atoms with Crippen molar-refractivity contribution in [1.29, 1.82) is 0 Å². The molecule has 0 spiro atoms. The van der Waals surface area contributed by atoms with E-state index >= 15 is 0 Å². The van der Waals surface area contributed by atoms with Crippen molar-refractivity contribution in [1.82, 2.24) is 0 Å². The van der Waals surface area contributed by atoms with Crippen LogP contribution in [0.25, 0.3) is 11.1 Å². The van der Waals surface area contributed by atoms with Crippen LogP contribution < -0.4 is 0 Å². The molecule has 0 saturated heterocycles. The van der Waals surface area contributed by atoms with Crippen LogP contribution in [0.4, 0.5) is 0 Å². The quantitative estimate of drug-likeness (QED) is 0.525. The van der Waals surface area contributed by atoms with E-state index in [9.17, 15) is 0 Å². The van der Waals surface area contributed by atoms with Crippen LogP contribution in [0.5, 0.6) is 0 Å². The van der Waals surface area contributed by atoms with Crippen molar-refractivity contribution in [3.8, 4) is 11.1 Å². The van der Waals surface area contributed by atoms with E-state index in [1.165, 1.54) is 33.4 Å². The Balaban J connectivity index is 2.71. The van der Waals surface area contributed by atoms with Crippen molar-refractivity contribution in [2.24, 2.45) is 0 Å². The van der Waals surface area contributed by atoms with Gasteiger partial charge in [-0.1, -0.05) is 91.8 Å². The molecule has 2 rings (SSSR count). The largest absolute Gasteiger partial charge is 0.0587 e. The minimum Gasteiger partial charge on any atom is -0.0587 e. The van der Waals surface area contributed by atoms with Gasteiger partial charge in [-0.25, -0.2) is 0 Å². The maximum absolute atomic E-state index is 2.42. The Morgan fingerprint density at radius 1 is 0.500 bits per heavy atom. The highest BCUT2D eigenvalue weighted by Gasteiger charge is 2.14. The van der Waals surface area contributed by atoms with Crippen LogP contribution in [0.1, 0.15) is 101 Å². The molecule has 0 radical (unpaired) electrons. The number of rotatable bonds is 5. The molecule has 0 saturated carbocycles. The molecule has 0 aliphatic carbocycles. The van der Waals surface area contributed by atoms with Crippen LogP contribution in [0.3, 0.4) is 0 Å². The van der Waals surface area contributed by atoms with Crippen LogP contribution in [-0.2, 0) is 0 Å². The standard InChI is InChI=1S/C24H34/c1-15(2)19-9-10-23(18(7)8)24(14-19)22-12-20(16(3)4)11-21(13-22)17(5)6/h9-18H,1-8H3. The first-order valence-corrected chi connectivity index (χ1v) is 9.49. The first kappa shape index (κ1) is 18.8. The summed E-state index contributed by atoms with van der Waals surface area (Å²) in [6, 6.07) is 14.3. The second kappa shape index (κ2) is 7.55. The Labute approximate surface area is 149 Å². The summed E-state index contributed by atoms with van der Waals surface area (Å²) in [6.45, 7) is 18.3. The zero-order chi connectivity index (χ0) is 18.0. The first-order chi connectivity index (χ1) is 11.2. The third kappa shape index (κ3) is 4.09. The normalized spacial score (nSPS) is 12.0. The summed E-state index contributed by atoms with van der Waals surface area (Å²) in [5, 5.41) is 0. The zero-order valence-corrected chi connectivity index (χ0v) is 16.8. The Bertz CT molecular complexity index is 661. The summed E-state index contributed by atoms with van der Waals surface area (Å²) in [7, 11) is 0. The van der Waals surface area contributed by atoms with E-state index in [-0.39, 0.29) is 0 Å². The highest BCUT2D eigenvalue weighted by Crippen LogP contribution is 2.35. The molecule has 0 bridgehead atoms. The minimum atomic E-state index is 0.534. The molecule has 0 heterocycles. The summed E-state index contributed by atoms with van der Waals surface area (Å²) < 4.78 is 0. The number of hydrogen-bond acceptors (Lipinski definition) is 0. The van der Waals surface area contributed by atoms with E-state index in [2.05, 4.69) is 91.8 Å². The molecular formula is C24H34. The molecule has 0 aliphatic rings. The molecule has 0 aromatic heterocycles. The molecule has 0 aliphatic heterocycles. The van der Waals surface area contributed by atoms with E-state index in [0.717, 1.165) is 0 Å². The van der Waals surface area contributed by atoms with Gasteiger partial charge in [-0.3, -0.25) is 0 Å². The van der Waals surface area contributed by atoms with E-state index in [1.807, 2.05) is 0 Å². The molecule has 0 atom stereocenters. The Morgan fingerprint density at radius 2 is 1.00 bits per heavy atom. The molecule has 130 valence electrons. The molecule has 24 heavy (non-hydrogen) atoms. The van der Waals surface area contributed by atoms with Crippen molar-refractivity contribution in [2.75, 3.05) is 0 Å². The van der Waals surface area contributed by atoms with E-state index in [4.69, 9.17) is 0 Å². The van der Waals surface area contributed by atoms with E-state index in [0.29, 0.717) is 23.7 Å². The summed E-state index contributed by atoms with van der Waals surface area (Å²) in [5.41, 5.74) is 8.57. The fraction of sp³-hybridized carbons (Fsp3) is 0.500. The molecule has 2 aromatic rings. The summed E-state index contributed by atoms with van der Waals surface area (Å²) >= 11 is 0. The number of benzene rings is 2. The second-order valence-electron chi connectivity index (χ2n) is 8.35. The maximum atomic E-state index is 2.42. The fourth-order valence-corrected chi connectivity index (χ4v) is 3.19. The number of hydrogen-bond donors (Lipinski definition) is 0. The topological polar surface area (TPSA) is 0 Å². The van der Waals surface area contributed by atoms with Gasteiger partial charge in [0.25, 0.3) is 0 Å². The van der Waals surface area contributed by atoms with Gasteiger partial charge in [0.15, 0.2) is 0 Å². The van der Waals surface area contributed by atoms with Crippen molar-refractivity contribution in [3.05, 3.63) is 58.7 Å². The lowest BCUT2D eigenvalue weighted by atomic mass is 9.85. The predicted molar refractivity (Wildman–Crippen MR) is 108 cm³/mol. The average molecular weight is 323 g/mol. The SMILES string of the molecule is CC(C)c1cc(-c2cc(C(C)C)ccc2C(C)C)cc(C(C)C)c1. The summed E-state index contributed by atoms with van der Waals surface area (Å²) in [5.74, 6) is 2.20. The third-order valence-corrected chi connectivity index (χ3v) is 4.99. The van der Waals surface area contributed by atoms with Crippen molar-refractivity contribution in [3.63, 3.8) is 0 Å². The summed E-state index contributed by atoms with van der Waals surface area (Å²) in [4.78, 5) is 0. The lowest BCUT2D eigenvalue weighted by Gasteiger charge is -2.20. The van der Waals surface area contributed by atoms with Crippen LogP contribution in [0.15, 0.2) is 36.4 Å². The van der Waals surface area contributed by atoms with Gasteiger partial charge in [0.2, 0.25) is 0 Å². The van der Waals surface area contributed by atoms with Gasteiger partial charge >= 0.3 is 0 Å². The molecular weight excluding hydrogens is 288 g/mol. The van der Waals surface area contributed by atoms with E-state index in [1.54, 1.807) is 0 Å². The molecule has 2 aromatic carbocycles. The third-order valence-electron chi connectivity index (χ3n) is 4.99. The molecule has 0 fully saturated rings. The van der Waals surface area contributed by atoms with Gasteiger partial charge in [-0.2, -0.15) is 0 Å². The lowest BCUT2D eigenvalue weighted by molar-refractivity contribution is 0.832.